The molecule has 0 bridgehead atoms. The van der Waals surface area contributed by atoms with Crippen molar-refractivity contribution in [2.24, 2.45) is 0 Å². The van der Waals surface area contributed by atoms with Crippen molar-refractivity contribution in [1.82, 2.24) is 15.1 Å². The molecule has 1 aromatic rings. The third kappa shape index (κ3) is 3.30. The van der Waals surface area contributed by atoms with Crippen molar-refractivity contribution in [2.75, 3.05) is 37.7 Å². The number of anilines is 1. The van der Waals surface area contributed by atoms with Crippen molar-refractivity contribution in [3.05, 3.63) is 30.3 Å². The van der Waals surface area contributed by atoms with Crippen LogP contribution in [0.3, 0.4) is 0 Å². The van der Waals surface area contributed by atoms with E-state index >= 15 is 0 Å². The predicted molar refractivity (Wildman–Crippen MR) is 101 cm³/mol. The van der Waals surface area contributed by atoms with Crippen LogP contribution in [0.2, 0.25) is 0 Å². The molecule has 3 aliphatic rings. The number of carbonyl (C=O) groups is 2. The highest BCUT2D eigenvalue weighted by Crippen LogP contribution is 2.32. The molecule has 26 heavy (non-hydrogen) atoms. The van der Waals surface area contributed by atoms with Crippen LogP contribution in [0.25, 0.3) is 0 Å². The van der Waals surface area contributed by atoms with Crippen LogP contribution < -0.4 is 10.2 Å². The standard InChI is InChI=1S/C20H28N4O2/c25-18-20(10-6-1-2-7-11-20)21-19(26)24(18)16-22-12-14-23(15-13-22)17-8-4-3-5-9-17/h3-5,8-9H,1-2,6-7,10-16H2,(H,21,26). The zero-order chi connectivity index (χ0) is 18.0. The molecule has 1 spiro atoms. The van der Waals surface area contributed by atoms with Crippen LogP contribution in [-0.2, 0) is 4.79 Å². The molecule has 4 rings (SSSR count). The van der Waals surface area contributed by atoms with Gasteiger partial charge in [0.05, 0.1) is 6.67 Å². The molecule has 0 aromatic heterocycles. The fourth-order valence-electron chi connectivity index (χ4n) is 4.46. The Bertz CT molecular complexity index is 647. The lowest BCUT2D eigenvalue weighted by Gasteiger charge is -2.37. The number of amides is 3. The summed E-state index contributed by atoms with van der Waals surface area (Å²) in [5.74, 6) is -0.00473. The van der Waals surface area contributed by atoms with Crippen LogP contribution in [0, 0.1) is 0 Å². The molecule has 1 saturated carbocycles. The van der Waals surface area contributed by atoms with E-state index in [1.165, 1.54) is 10.6 Å². The van der Waals surface area contributed by atoms with Gasteiger partial charge in [0.25, 0.3) is 5.91 Å². The summed E-state index contributed by atoms with van der Waals surface area (Å²) in [5, 5.41) is 3.03. The van der Waals surface area contributed by atoms with Crippen LogP contribution in [0.4, 0.5) is 10.5 Å². The normalized spacial score (nSPS) is 24.0. The molecular formula is C20H28N4O2. The minimum Gasteiger partial charge on any atom is -0.369 e. The maximum absolute atomic E-state index is 13.0. The topological polar surface area (TPSA) is 55.9 Å². The number of carbonyl (C=O) groups excluding carboxylic acids is 2. The van der Waals surface area contributed by atoms with Gasteiger partial charge >= 0.3 is 6.03 Å². The van der Waals surface area contributed by atoms with Crippen LogP contribution >= 0.6 is 0 Å². The fraction of sp³-hybridized carbons (Fsp3) is 0.600. The lowest BCUT2D eigenvalue weighted by atomic mass is 9.90. The number of piperazine rings is 1. The first kappa shape index (κ1) is 17.3. The summed E-state index contributed by atoms with van der Waals surface area (Å²) >= 11 is 0. The average molecular weight is 356 g/mol. The van der Waals surface area contributed by atoms with E-state index in [1.807, 2.05) is 6.07 Å². The van der Waals surface area contributed by atoms with E-state index in [0.717, 1.165) is 64.7 Å². The molecule has 0 unspecified atom stereocenters. The summed E-state index contributed by atoms with van der Waals surface area (Å²) in [6, 6.07) is 10.2. The van der Waals surface area contributed by atoms with Gasteiger partial charge in [-0.1, -0.05) is 43.9 Å². The van der Waals surface area contributed by atoms with E-state index in [9.17, 15) is 9.59 Å². The summed E-state index contributed by atoms with van der Waals surface area (Å²) in [7, 11) is 0. The van der Waals surface area contributed by atoms with E-state index in [0.29, 0.717) is 6.67 Å². The van der Waals surface area contributed by atoms with Gasteiger partial charge < -0.3 is 10.2 Å². The number of hydrogen-bond donors (Lipinski definition) is 1. The highest BCUT2D eigenvalue weighted by molar-refractivity contribution is 6.07. The van der Waals surface area contributed by atoms with Gasteiger partial charge in [-0.25, -0.2) is 9.69 Å². The molecule has 6 heteroatoms. The van der Waals surface area contributed by atoms with E-state index in [2.05, 4.69) is 39.4 Å². The summed E-state index contributed by atoms with van der Waals surface area (Å²) < 4.78 is 0. The Balaban J connectivity index is 1.36. The number of hydrogen-bond acceptors (Lipinski definition) is 4. The Morgan fingerprint density at radius 1 is 0.885 bits per heavy atom. The van der Waals surface area contributed by atoms with Crippen molar-refractivity contribution in [3.63, 3.8) is 0 Å². The lowest BCUT2D eigenvalue weighted by molar-refractivity contribution is -0.133. The molecule has 1 aromatic carbocycles. The second-order valence-electron chi connectivity index (χ2n) is 7.74. The van der Waals surface area contributed by atoms with Gasteiger partial charge in [0.1, 0.15) is 5.54 Å². The van der Waals surface area contributed by atoms with Crippen LogP contribution in [-0.4, -0.2) is 60.1 Å². The average Bonchev–Trinajstić information content (AvgIpc) is 2.84. The summed E-state index contributed by atoms with van der Waals surface area (Å²) in [4.78, 5) is 31.5. The summed E-state index contributed by atoms with van der Waals surface area (Å²) in [6.45, 7) is 3.96. The van der Waals surface area contributed by atoms with Gasteiger partial charge in [-0.15, -0.1) is 0 Å². The van der Waals surface area contributed by atoms with Gasteiger partial charge in [0, 0.05) is 31.9 Å². The maximum atomic E-state index is 13.0. The molecule has 2 aliphatic heterocycles. The SMILES string of the molecule is O=C1NC2(CCCCCC2)C(=O)N1CN1CCN(c2ccccc2)CC1. The quantitative estimate of drug-likeness (QED) is 0.845. The number of nitrogens with zero attached hydrogens (tertiary/aromatic N) is 3. The number of nitrogens with one attached hydrogen (secondary N) is 1. The lowest BCUT2D eigenvalue weighted by Crippen LogP contribution is -2.52. The predicted octanol–water partition coefficient (Wildman–Crippen LogP) is 2.41. The largest absolute Gasteiger partial charge is 0.369 e. The van der Waals surface area contributed by atoms with Gasteiger partial charge in [0.2, 0.25) is 0 Å². The van der Waals surface area contributed by atoms with E-state index in [4.69, 9.17) is 0 Å². The number of benzene rings is 1. The minimum atomic E-state index is -0.626. The minimum absolute atomic E-state index is 0.00473. The summed E-state index contributed by atoms with van der Waals surface area (Å²) in [5.41, 5.74) is 0.610. The molecule has 140 valence electrons. The molecule has 2 heterocycles. The number of imide groups is 1. The number of urea groups is 1. The second-order valence-corrected chi connectivity index (χ2v) is 7.74. The van der Waals surface area contributed by atoms with Crippen molar-refractivity contribution in [3.8, 4) is 0 Å². The molecule has 3 fully saturated rings. The molecule has 2 saturated heterocycles. The first-order valence-electron chi connectivity index (χ1n) is 9.84. The van der Waals surface area contributed by atoms with Crippen LogP contribution in [0.15, 0.2) is 30.3 Å². The molecule has 1 N–H and O–H groups in total. The molecule has 1 aliphatic carbocycles. The van der Waals surface area contributed by atoms with Gasteiger partial charge in [-0.2, -0.15) is 0 Å². The van der Waals surface area contributed by atoms with Crippen molar-refractivity contribution in [2.45, 2.75) is 44.1 Å². The van der Waals surface area contributed by atoms with Gasteiger partial charge in [-0.05, 0) is 25.0 Å². The maximum Gasteiger partial charge on any atom is 0.326 e. The monoisotopic (exact) mass is 356 g/mol. The fourth-order valence-corrected chi connectivity index (χ4v) is 4.46. The zero-order valence-electron chi connectivity index (χ0n) is 15.3. The van der Waals surface area contributed by atoms with Crippen LogP contribution in [0.5, 0.6) is 0 Å². The van der Waals surface area contributed by atoms with E-state index in [1.54, 1.807) is 0 Å². The third-order valence-corrected chi connectivity index (χ3v) is 6.04. The summed E-state index contributed by atoms with van der Waals surface area (Å²) in [6.07, 6.45) is 5.94. The van der Waals surface area contributed by atoms with Gasteiger partial charge in [0.15, 0.2) is 0 Å². The van der Waals surface area contributed by atoms with Gasteiger partial charge in [-0.3, -0.25) is 9.69 Å². The number of para-hydroxylation sites is 1. The van der Waals surface area contributed by atoms with E-state index in [-0.39, 0.29) is 11.9 Å². The van der Waals surface area contributed by atoms with Crippen LogP contribution in [0.1, 0.15) is 38.5 Å². The Morgan fingerprint density at radius 3 is 2.19 bits per heavy atom. The Morgan fingerprint density at radius 2 is 1.54 bits per heavy atom. The Hall–Kier alpha value is -2.08. The molecule has 0 atom stereocenters. The first-order valence-corrected chi connectivity index (χ1v) is 9.84. The molecule has 0 radical (unpaired) electrons. The number of rotatable bonds is 3. The highest BCUT2D eigenvalue weighted by Gasteiger charge is 2.50. The highest BCUT2D eigenvalue weighted by atomic mass is 16.2. The second kappa shape index (κ2) is 7.27. The third-order valence-electron chi connectivity index (χ3n) is 6.04. The van der Waals surface area contributed by atoms with Crippen molar-refractivity contribution >= 4 is 17.6 Å². The molecule has 3 amide bonds. The molecular weight excluding hydrogens is 328 g/mol. The van der Waals surface area contributed by atoms with Crippen molar-refractivity contribution < 1.29 is 9.59 Å². The Labute approximate surface area is 155 Å². The molecule has 6 nitrogen and oxygen atoms in total. The van der Waals surface area contributed by atoms with E-state index < -0.39 is 5.54 Å². The smallest absolute Gasteiger partial charge is 0.326 e. The van der Waals surface area contributed by atoms with Crippen molar-refractivity contribution in [1.29, 1.82) is 0 Å². The Kier molecular flexibility index (Phi) is 4.85. The first-order chi connectivity index (χ1) is 12.7. The zero-order valence-corrected chi connectivity index (χ0v) is 15.3.